The maximum Gasteiger partial charge on any atom is 0.118 e. The molecule has 0 bridgehead atoms. The Bertz CT molecular complexity index is 547. The fraction of sp³-hybridized carbons (Fsp3) is 0.200. The van der Waals surface area contributed by atoms with Crippen LogP contribution in [0.25, 0.3) is 0 Å². The van der Waals surface area contributed by atoms with Gasteiger partial charge in [0, 0.05) is 4.90 Å². The number of ether oxygens (including phenoxy) is 1. The largest absolute Gasteiger partial charge is 0.497 e. The predicted octanol–water partition coefficient (Wildman–Crippen LogP) is 2.50. The lowest BCUT2D eigenvalue weighted by Crippen LogP contribution is -1.97. The molecule has 0 spiro atoms. The van der Waals surface area contributed by atoms with Crippen LogP contribution in [0, 0.1) is 0 Å². The summed E-state index contributed by atoms with van der Waals surface area (Å²) in [4.78, 5) is 0.784. The highest BCUT2D eigenvalue weighted by Gasteiger charge is 2.05. The number of hydrogen-bond acceptors (Lipinski definition) is 3. The van der Waals surface area contributed by atoms with Gasteiger partial charge in [-0.3, -0.25) is 4.21 Å². The third kappa shape index (κ3) is 3.66. The highest BCUT2D eigenvalue weighted by Crippen LogP contribution is 2.17. The Morgan fingerprint density at radius 1 is 1.00 bits per heavy atom. The summed E-state index contributed by atoms with van der Waals surface area (Å²) < 4.78 is 17.3. The molecule has 3 nitrogen and oxygen atoms in total. The smallest absolute Gasteiger partial charge is 0.118 e. The van der Waals surface area contributed by atoms with Crippen LogP contribution in [0.1, 0.15) is 11.1 Å². The normalized spacial score (nSPS) is 12.1. The SMILES string of the molecule is COc1ccc(S(=O)Cc2ccc(CO)cc2)cc1. The van der Waals surface area contributed by atoms with E-state index in [-0.39, 0.29) is 6.61 Å². The fourth-order valence-electron chi connectivity index (χ4n) is 1.70. The fourth-order valence-corrected chi connectivity index (χ4v) is 2.80. The van der Waals surface area contributed by atoms with Crippen LogP contribution in [0.4, 0.5) is 0 Å². The average molecular weight is 276 g/mol. The Morgan fingerprint density at radius 3 is 2.11 bits per heavy atom. The van der Waals surface area contributed by atoms with E-state index in [1.165, 1.54) is 0 Å². The Balaban J connectivity index is 2.06. The molecule has 1 atom stereocenters. The van der Waals surface area contributed by atoms with Crippen LogP contribution in [-0.2, 0) is 23.2 Å². The number of aliphatic hydroxyl groups excluding tert-OH is 1. The zero-order valence-electron chi connectivity index (χ0n) is 10.7. The zero-order valence-corrected chi connectivity index (χ0v) is 11.5. The summed E-state index contributed by atoms with van der Waals surface area (Å²) >= 11 is 0. The second-order valence-electron chi connectivity index (χ2n) is 4.14. The number of aliphatic hydroxyl groups is 1. The Hall–Kier alpha value is -1.65. The van der Waals surface area contributed by atoms with E-state index in [0.717, 1.165) is 21.8 Å². The zero-order chi connectivity index (χ0) is 13.7. The Kier molecular flexibility index (Phi) is 4.71. The van der Waals surface area contributed by atoms with Crippen LogP contribution in [0.5, 0.6) is 5.75 Å². The van der Waals surface area contributed by atoms with Gasteiger partial charge in [-0.05, 0) is 35.4 Å². The third-order valence-corrected chi connectivity index (χ3v) is 4.22. The number of hydrogen-bond donors (Lipinski definition) is 1. The second kappa shape index (κ2) is 6.50. The van der Waals surface area contributed by atoms with E-state index in [0.29, 0.717) is 5.75 Å². The lowest BCUT2D eigenvalue weighted by Gasteiger charge is -2.05. The van der Waals surface area contributed by atoms with Crippen molar-refractivity contribution in [2.24, 2.45) is 0 Å². The van der Waals surface area contributed by atoms with Crippen molar-refractivity contribution in [2.45, 2.75) is 17.3 Å². The highest BCUT2D eigenvalue weighted by atomic mass is 32.2. The molecule has 0 amide bonds. The van der Waals surface area contributed by atoms with Crippen molar-refractivity contribution in [3.8, 4) is 5.75 Å². The second-order valence-corrected chi connectivity index (χ2v) is 5.59. The number of methoxy groups -OCH3 is 1. The molecule has 19 heavy (non-hydrogen) atoms. The molecule has 2 aromatic carbocycles. The summed E-state index contributed by atoms with van der Waals surface area (Å²) in [5.41, 5.74) is 1.85. The van der Waals surface area contributed by atoms with Gasteiger partial charge in [0.05, 0.1) is 30.3 Å². The van der Waals surface area contributed by atoms with Gasteiger partial charge in [0.1, 0.15) is 5.75 Å². The van der Waals surface area contributed by atoms with Gasteiger partial charge in [0.15, 0.2) is 0 Å². The molecule has 100 valence electrons. The summed E-state index contributed by atoms with van der Waals surface area (Å²) in [5.74, 6) is 1.23. The minimum Gasteiger partial charge on any atom is -0.497 e. The van der Waals surface area contributed by atoms with Gasteiger partial charge < -0.3 is 9.84 Å². The van der Waals surface area contributed by atoms with Crippen molar-refractivity contribution in [1.82, 2.24) is 0 Å². The van der Waals surface area contributed by atoms with Crippen LogP contribution in [-0.4, -0.2) is 16.4 Å². The summed E-state index contributed by atoms with van der Waals surface area (Å²) in [7, 11) is 0.535. The first kappa shape index (κ1) is 13.8. The third-order valence-electron chi connectivity index (χ3n) is 2.83. The standard InChI is InChI=1S/C15H16O3S/c1-18-14-6-8-15(9-7-14)19(17)11-13-4-2-12(10-16)3-5-13/h2-9,16H,10-11H2,1H3. The molecule has 0 saturated heterocycles. The van der Waals surface area contributed by atoms with E-state index in [4.69, 9.17) is 9.84 Å². The first-order chi connectivity index (χ1) is 9.22. The summed E-state index contributed by atoms with van der Waals surface area (Å²) in [6.45, 7) is 0.0296. The molecule has 1 unspecified atom stereocenters. The molecule has 0 fully saturated rings. The summed E-state index contributed by atoms with van der Waals surface area (Å²) in [5, 5.41) is 8.97. The molecule has 4 heteroatoms. The Labute approximate surface area is 115 Å². The van der Waals surface area contributed by atoms with Crippen LogP contribution in [0.3, 0.4) is 0 Å². The summed E-state index contributed by atoms with van der Waals surface area (Å²) in [6, 6.07) is 14.7. The molecule has 1 N–H and O–H groups in total. The quantitative estimate of drug-likeness (QED) is 0.912. The van der Waals surface area contributed by atoms with Crippen LogP contribution < -0.4 is 4.74 Å². The van der Waals surface area contributed by atoms with Crippen molar-refractivity contribution in [1.29, 1.82) is 0 Å². The van der Waals surface area contributed by atoms with E-state index in [9.17, 15) is 4.21 Å². The molecule has 0 heterocycles. The van der Waals surface area contributed by atoms with Gasteiger partial charge in [-0.2, -0.15) is 0 Å². The van der Waals surface area contributed by atoms with Crippen LogP contribution in [0.15, 0.2) is 53.4 Å². The molecule has 2 aromatic rings. The van der Waals surface area contributed by atoms with Gasteiger partial charge in [-0.25, -0.2) is 0 Å². The molecule has 0 aliphatic rings. The average Bonchev–Trinajstić information content (AvgIpc) is 2.48. The van der Waals surface area contributed by atoms with E-state index >= 15 is 0 Å². The van der Waals surface area contributed by atoms with E-state index in [1.807, 2.05) is 48.5 Å². The number of rotatable bonds is 5. The van der Waals surface area contributed by atoms with Gasteiger partial charge >= 0.3 is 0 Å². The van der Waals surface area contributed by atoms with E-state index < -0.39 is 10.8 Å². The maximum atomic E-state index is 12.2. The molecular weight excluding hydrogens is 260 g/mol. The Morgan fingerprint density at radius 2 is 1.58 bits per heavy atom. The van der Waals surface area contributed by atoms with Gasteiger partial charge in [-0.15, -0.1) is 0 Å². The molecule has 2 rings (SSSR count). The molecular formula is C15H16O3S. The van der Waals surface area contributed by atoms with Gasteiger partial charge in [-0.1, -0.05) is 24.3 Å². The lowest BCUT2D eigenvalue weighted by molar-refractivity contribution is 0.282. The topological polar surface area (TPSA) is 46.5 Å². The molecule has 0 aliphatic heterocycles. The van der Waals surface area contributed by atoms with Crippen molar-refractivity contribution >= 4 is 10.8 Å². The van der Waals surface area contributed by atoms with Gasteiger partial charge in [0.25, 0.3) is 0 Å². The minimum atomic E-state index is -1.07. The summed E-state index contributed by atoms with van der Waals surface area (Å²) in [6.07, 6.45) is 0. The monoisotopic (exact) mass is 276 g/mol. The van der Waals surface area contributed by atoms with E-state index in [1.54, 1.807) is 7.11 Å². The van der Waals surface area contributed by atoms with Crippen molar-refractivity contribution in [3.05, 3.63) is 59.7 Å². The van der Waals surface area contributed by atoms with E-state index in [2.05, 4.69) is 0 Å². The molecule has 0 saturated carbocycles. The molecule has 0 radical (unpaired) electrons. The molecule has 0 aliphatic carbocycles. The van der Waals surface area contributed by atoms with Crippen LogP contribution >= 0.6 is 0 Å². The van der Waals surface area contributed by atoms with Crippen molar-refractivity contribution in [3.63, 3.8) is 0 Å². The first-order valence-corrected chi connectivity index (χ1v) is 7.26. The van der Waals surface area contributed by atoms with Crippen molar-refractivity contribution < 1.29 is 14.1 Å². The number of benzene rings is 2. The first-order valence-electron chi connectivity index (χ1n) is 5.94. The minimum absolute atomic E-state index is 0.0296. The van der Waals surface area contributed by atoms with Gasteiger partial charge in [0.2, 0.25) is 0 Å². The van der Waals surface area contributed by atoms with Crippen molar-refractivity contribution in [2.75, 3.05) is 7.11 Å². The predicted molar refractivity (Wildman–Crippen MR) is 75.5 cm³/mol. The van der Waals surface area contributed by atoms with Crippen LogP contribution in [0.2, 0.25) is 0 Å². The highest BCUT2D eigenvalue weighted by molar-refractivity contribution is 7.84. The lowest BCUT2D eigenvalue weighted by atomic mass is 10.2. The molecule has 0 aromatic heterocycles. The maximum absolute atomic E-state index is 12.2.